The van der Waals surface area contributed by atoms with E-state index in [1.807, 2.05) is 12.1 Å². The minimum absolute atomic E-state index is 0.0184. The van der Waals surface area contributed by atoms with Gasteiger partial charge in [-0.3, -0.25) is 4.79 Å². The molecule has 152 valence electrons. The fourth-order valence-corrected chi connectivity index (χ4v) is 4.47. The van der Waals surface area contributed by atoms with Crippen molar-refractivity contribution >= 4 is 27.6 Å². The number of aromatic nitrogens is 1. The Balaban J connectivity index is 1.85. The molecule has 0 aliphatic carbocycles. The summed E-state index contributed by atoms with van der Waals surface area (Å²) in [5, 5.41) is 6.30. The number of fused-ring (bicyclic) bond motifs is 2. The zero-order valence-electron chi connectivity index (χ0n) is 17.6. The molecule has 0 bridgehead atoms. The number of hydrogen-bond donors (Lipinski definition) is 2. The van der Waals surface area contributed by atoms with Crippen molar-refractivity contribution in [2.45, 2.75) is 12.8 Å². The summed E-state index contributed by atoms with van der Waals surface area (Å²) in [5.41, 5.74) is 6.29. The molecule has 0 aliphatic heterocycles. The normalized spacial score (nSPS) is 12.2. The maximum Gasteiger partial charge on any atom is 0.231 e. The first-order valence-corrected chi connectivity index (χ1v) is 10.5. The highest BCUT2D eigenvalue weighted by Crippen LogP contribution is 2.41. The van der Waals surface area contributed by atoms with Gasteiger partial charge in [-0.1, -0.05) is 90.5 Å². The molecule has 31 heavy (non-hydrogen) atoms. The Bertz CT molecular complexity index is 1390. The van der Waals surface area contributed by atoms with E-state index in [4.69, 9.17) is 0 Å². The average Bonchev–Trinajstić information content (AvgIpc) is 3.19. The average molecular weight is 405 g/mol. The molecule has 0 spiro atoms. The molecule has 1 amide bonds. The molecule has 5 aromatic rings. The van der Waals surface area contributed by atoms with Crippen LogP contribution in [0.5, 0.6) is 0 Å². The first kappa shape index (κ1) is 19.1. The van der Waals surface area contributed by atoms with Gasteiger partial charge in [-0.05, 0) is 29.3 Å². The number of nitrogens with one attached hydrogen (secondary N) is 2. The molecular formula is C28H24N2O. The number of para-hydroxylation sites is 1. The second kappa shape index (κ2) is 7.77. The van der Waals surface area contributed by atoms with Gasteiger partial charge in [0.25, 0.3) is 0 Å². The van der Waals surface area contributed by atoms with Crippen LogP contribution in [0.1, 0.15) is 22.6 Å². The highest BCUT2D eigenvalue weighted by molar-refractivity contribution is 6.04. The molecule has 0 saturated carbocycles. The van der Waals surface area contributed by atoms with Gasteiger partial charge < -0.3 is 10.3 Å². The summed E-state index contributed by atoms with van der Waals surface area (Å²) in [6.45, 7) is 2.06. The predicted octanol–water partition coefficient (Wildman–Crippen LogP) is 6.17. The van der Waals surface area contributed by atoms with Crippen LogP contribution in [-0.4, -0.2) is 17.9 Å². The molecule has 4 aromatic carbocycles. The first-order chi connectivity index (χ1) is 15.2. The molecule has 0 fully saturated rings. The highest BCUT2D eigenvalue weighted by Gasteiger charge is 2.29. The van der Waals surface area contributed by atoms with Crippen LogP contribution in [0.4, 0.5) is 0 Å². The second-order valence-corrected chi connectivity index (χ2v) is 7.94. The topological polar surface area (TPSA) is 44.9 Å². The van der Waals surface area contributed by atoms with Crippen molar-refractivity contribution in [2.75, 3.05) is 7.05 Å². The van der Waals surface area contributed by atoms with Crippen LogP contribution in [0.15, 0.2) is 91.0 Å². The van der Waals surface area contributed by atoms with E-state index < -0.39 is 5.92 Å². The lowest BCUT2D eigenvalue weighted by Gasteiger charge is -2.19. The minimum atomic E-state index is -0.421. The smallest absolute Gasteiger partial charge is 0.231 e. The maximum atomic E-state index is 13.3. The number of amides is 1. The lowest BCUT2D eigenvalue weighted by molar-refractivity contribution is -0.121. The molecule has 2 N–H and O–H groups in total. The SMILES string of the molecule is CNC(=O)C(c1ccc(C)cc1)c1c(-c2cccc3ccccc23)[nH]c2ccccc12. The van der Waals surface area contributed by atoms with Crippen molar-refractivity contribution in [1.29, 1.82) is 0 Å². The number of aromatic amines is 1. The fourth-order valence-electron chi connectivity index (χ4n) is 4.47. The Hall–Kier alpha value is -3.85. The van der Waals surface area contributed by atoms with Crippen LogP contribution in [0.3, 0.4) is 0 Å². The van der Waals surface area contributed by atoms with E-state index in [-0.39, 0.29) is 5.91 Å². The molecule has 0 aliphatic rings. The van der Waals surface area contributed by atoms with Crippen LogP contribution in [0.2, 0.25) is 0 Å². The van der Waals surface area contributed by atoms with E-state index in [0.717, 1.165) is 38.7 Å². The van der Waals surface area contributed by atoms with Crippen molar-refractivity contribution in [3.05, 3.63) is 108 Å². The van der Waals surface area contributed by atoms with Crippen molar-refractivity contribution in [3.8, 4) is 11.3 Å². The van der Waals surface area contributed by atoms with Gasteiger partial charge >= 0.3 is 0 Å². The van der Waals surface area contributed by atoms with Crippen LogP contribution in [0, 0.1) is 6.92 Å². The minimum Gasteiger partial charge on any atom is -0.358 e. The lowest BCUT2D eigenvalue weighted by atomic mass is 9.86. The third kappa shape index (κ3) is 3.28. The number of aryl methyl sites for hydroxylation is 1. The molecule has 0 radical (unpaired) electrons. The molecule has 1 aromatic heterocycles. The van der Waals surface area contributed by atoms with Crippen LogP contribution in [0.25, 0.3) is 32.9 Å². The first-order valence-electron chi connectivity index (χ1n) is 10.5. The quantitative estimate of drug-likeness (QED) is 0.369. The Morgan fingerprint density at radius 1 is 0.806 bits per heavy atom. The fraction of sp³-hybridized carbons (Fsp3) is 0.107. The molecule has 1 unspecified atom stereocenters. The molecule has 5 rings (SSSR count). The third-order valence-electron chi connectivity index (χ3n) is 6.01. The number of likely N-dealkylation sites (N-methyl/N-ethyl adjacent to an activating group) is 1. The Kier molecular flexibility index (Phi) is 4.79. The number of H-pyrrole nitrogens is 1. The summed E-state index contributed by atoms with van der Waals surface area (Å²) in [6, 6.07) is 31.2. The van der Waals surface area contributed by atoms with Gasteiger partial charge in [0.05, 0.1) is 11.6 Å². The van der Waals surface area contributed by atoms with Crippen LogP contribution < -0.4 is 5.32 Å². The van der Waals surface area contributed by atoms with E-state index in [2.05, 4.69) is 96.1 Å². The predicted molar refractivity (Wildman–Crippen MR) is 128 cm³/mol. The molecule has 1 atom stereocenters. The van der Waals surface area contributed by atoms with E-state index in [1.54, 1.807) is 7.05 Å². The zero-order chi connectivity index (χ0) is 21.4. The van der Waals surface area contributed by atoms with Gasteiger partial charge in [-0.2, -0.15) is 0 Å². The van der Waals surface area contributed by atoms with Crippen LogP contribution in [-0.2, 0) is 4.79 Å². The van der Waals surface area contributed by atoms with Gasteiger partial charge in [-0.15, -0.1) is 0 Å². The van der Waals surface area contributed by atoms with Crippen molar-refractivity contribution in [1.82, 2.24) is 10.3 Å². The largest absolute Gasteiger partial charge is 0.358 e. The van der Waals surface area contributed by atoms with E-state index in [9.17, 15) is 4.79 Å². The highest BCUT2D eigenvalue weighted by atomic mass is 16.1. The summed E-state index contributed by atoms with van der Waals surface area (Å²) in [7, 11) is 1.70. The Morgan fingerprint density at radius 2 is 1.48 bits per heavy atom. The van der Waals surface area contributed by atoms with Crippen molar-refractivity contribution in [3.63, 3.8) is 0 Å². The molecular weight excluding hydrogens is 380 g/mol. The van der Waals surface area contributed by atoms with Crippen molar-refractivity contribution in [2.24, 2.45) is 0 Å². The van der Waals surface area contributed by atoms with Gasteiger partial charge in [-0.25, -0.2) is 0 Å². The van der Waals surface area contributed by atoms with E-state index in [0.29, 0.717) is 0 Å². The summed E-state index contributed by atoms with van der Waals surface area (Å²) in [5.74, 6) is -0.439. The number of hydrogen-bond acceptors (Lipinski definition) is 1. The van der Waals surface area contributed by atoms with E-state index in [1.165, 1.54) is 10.9 Å². The standard InChI is InChI=1S/C28H24N2O/c1-18-14-16-20(17-15-18)25(28(31)29-2)26-23-11-5-6-13-24(23)30-27(26)22-12-7-9-19-8-3-4-10-21(19)22/h3-17,25,30H,1-2H3,(H,29,31). The van der Waals surface area contributed by atoms with Gasteiger partial charge in [0.1, 0.15) is 0 Å². The summed E-state index contributed by atoms with van der Waals surface area (Å²) >= 11 is 0. The van der Waals surface area contributed by atoms with Gasteiger partial charge in [0.2, 0.25) is 5.91 Å². The summed E-state index contributed by atoms with van der Waals surface area (Å²) < 4.78 is 0. The van der Waals surface area contributed by atoms with E-state index >= 15 is 0 Å². The Morgan fingerprint density at radius 3 is 2.26 bits per heavy atom. The van der Waals surface area contributed by atoms with Crippen LogP contribution >= 0.6 is 0 Å². The monoisotopic (exact) mass is 404 g/mol. The number of carbonyl (C=O) groups excluding carboxylic acids is 1. The van der Waals surface area contributed by atoms with Crippen molar-refractivity contribution < 1.29 is 4.79 Å². The third-order valence-corrected chi connectivity index (χ3v) is 6.01. The molecule has 3 heteroatoms. The number of benzene rings is 4. The van der Waals surface area contributed by atoms with Gasteiger partial charge in [0, 0.05) is 29.1 Å². The lowest BCUT2D eigenvalue weighted by Crippen LogP contribution is -2.26. The second-order valence-electron chi connectivity index (χ2n) is 7.94. The number of carbonyl (C=O) groups is 1. The maximum absolute atomic E-state index is 13.3. The molecule has 3 nitrogen and oxygen atoms in total. The molecule has 1 heterocycles. The number of rotatable bonds is 4. The Labute approximate surface area is 181 Å². The summed E-state index contributed by atoms with van der Waals surface area (Å²) in [6.07, 6.45) is 0. The van der Waals surface area contributed by atoms with Gasteiger partial charge in [0.15, 0.2) is 0 Å². The zero-order valence-corrected chi connectivity index (χ0v) is 17.6. The molecule has 0 saturated heterocycles. The summed E-state index contributed by atoms with van der Waals surface area (Å²) in [4.78, 5) is 16.9.